The molecule has 1 aliphatic heterocycles. The van der Waals surface area contributed by atoms with Crippen LogP contribution in [-0.4, -0.2) is 11.8 Å². The van der Waals surface area contributed by atoms with Crippen LogP contribution in [0.2, 0.25) is 0 Å². The minimum absolute atomic E-state index is 0.0424. The fraction of sp³-hybridized carbons (Fsp3) is 0.316. The van der Waals surface area contributed by atoms with E-state index >= 15 is 0 Å². The van der Waals surface area contributed by atoms with Gasteiger partial charge in [-0.15, -0.1) is 0 Å². The van der Waals surface area contributed by atoms with Crippen molar-refractivity contribution >= 4 is 11.6 Å². The van der Waals surface area contributed by atoms with Gasteiger partial charge in [-0.1, -0.05) is 36.4 Å². The Bertz CT molecular complexity index is 837. The first-order chi connectivity index (χ1) is 11.0. The Kier molecular flexibility index (Phi) is 2.30. The third-order valence-electron chi connectivity index (χ3n) is 5.44. The molecule has 2 saturated carbocycles. The Morgan fingerprint density at radius 3 is 2.26 bits per heavy atom. The van der Waals surface area contributed by atoms with Gasteiger partial charge < -0.3 is 5.32 Å². The molecule has 1 spiro atoms. The fourth-order valence-electron chi connectivity index (χ4n) is 3.71. The Hall–Kier alpha value is -2.23. The highest BCUT2D eigenvalue weighted by molar-refractivity contribution is 6.08. The first kappa shape index (κ1) is 13.2. The standard InChI is InChI=1S/C19H15F2NO/c20-19(21)10-15(19)12-3-1-11(2-4-12)13-5-6-14-16(9-13)22-17(23)18(14)7-8-18/h1-6,9,15H,7-8,10H2,(H,22,23). The van der Waals surface area contributed by atoms with Crippen LogP contribution < -0.4 is 5.32 Å². The Morgan fingerprint density at radius 2 is 1.65 bits per heavy atom. The van der Waals surface area contributed by atoms with Gasteiger partial charge in [-0.05, 0) is 41.2 Å². The molecule has 1 amide bonds. The normalized spacial score (nSPS) is 25.1. The number of nitrogens with one attached hydrogen (secondary N) is 1. The van der Waals surface area contributed by atoms with Crippen molar-refractivity contribution in [3.05, 3.63) is 53.6 Å². The molecule has 0 aromatic heterocycles. The highest BCUT2D eigenvalue weighted by Gasteiger charge is 2.57. The molecule has 1 unspecified atom stereocenters. The van der Waals surface area contributed by atoms with Crippen LogP contribution in [0.1, 0.15) is 36.3 Å². The maximum absolute atomic E-state index is 13.1. The number of carbonyl (C=O) groups is 1. The molecule has 4 heteroatoms. The molecule has 5 rings (SSSR count). The van der Waals surface area contributed by atoms with Gasteiger partial charge in [0.1, 0.15) is 0 Å². The number of anilines is 1. The average molecular weight is 311 g/mol. The lowest BCUT2D eigenvalue weighted by molar-refractivity contribution is -0.117. The van der Waals surface area contributed by atoms with Crippen molar-refractivity contribution in [2.24, 2.45) is 0 Å². The van der Waals surface area contributed by atoms with E-state index in [1.807, 2.05) is 30.3 Å². The van der Waals surface area contributed by atoms with E-state index in [0.29, 0.717) is 5.56 Å². The van der Waals surface area contributed by atoms with Crippen LogP contribution in [0.25, 0.3) is 11.1 Å². The predicted octanol–water partition coefficient (Wildman–Crippen LogP) is 4.46. The first-order valence-electron chi connectivity index (χ1n) is 7.94. The number of hydrogen-bond acceptors (Lipinski definition) is 1. The van der Waals surface area contributed by atoms with Gasteiger partial charge in [-0.25, -0.2) is 8.78 Å². The first-order valence-corrected chi connectivity index (χ1v) is 7.94. The number of hydrogen-bond donors (Lipinski definition) is 1. The molecule has 2 fully saturated rings. The second-order valence-electron chi connectivity index (χ2n) is 6.94. The van der Waals surface area contributed by atoms with Gasteiger partial charge in [0.15, 0.2) is 0 Å². The quantitative estimate of drug-likeness (QED) is 0.871. The van der Waals surface area contributed by atoms with E-state index in [1.165, 1.54) is 0 Å². The summed E-state index contributed by atoms with van der Waals surface area (Å²) in [6.45, 7) is 0. The van der Waals surface area contributed by atoms with Crippen molar-refractivity contribution < 1.29 is 13.6 Å². The monoisotopic (exact) mass is 311 g/mol. The van der Waals surface area contributed by atoms with Crippen molar-refractivity contribution in [3.8, 4) is 11.1 Å². The van der Waals surface area contributed by atoms with Crippen LogP contribution in [0.5, 0.6) is 0 Å². The van der Waals surface area contributed by atoms with E-state index in [0.717, 1.165) is 35.2 Å². The lowest BCUT2D eigenvalue weighted by Gasteiger charge is -2.08. The summed E-state index contributed by atoms with van der Waals surface area (Å²) in [4.78, 5) is 12.1. The van der Waals surface area contributed by atoms with Gasteiger partial charge in [0.2, 0.25) is 5.91 Å². The summed E-state index contributed by atoms with van der Waals surface area (Å²) in [5.41, 5.74) is 4.39. The van der Waals surface area contributed by atoms with Crippen LogP contribution in [-0.2, 0) is 10.2 Å². The average Bonchev–Trinajstić information content (AvgIpc) is 3.42. The third-order valence-corrected chi connectivity index (χ3v) is 5.44. The second-order valence-corrected chi connectivity index (χ2v) is 6.94. The Morgan fingerprint density at radius 1 is 1.00 bits per heavy atom. The molecule has 0 bridgehead atoms. The molecule has 0 radical (unpaired) electrons. The third kappa shape index (κ3) is 1.81. The SMILES string of the molecule is O=C1Nc2cc(-c3ccc(C4CC4(F)F)cc3)ccc2C12CC2. The number of alkyl halides is 2. The summed E-state index contributed by atoms with van der Waals surface area (Å²) in [5.74, 6) is -3.04. The zero-order chi connectivity index (χ0) is 15.8. The van der Waals surface area contributed by atoms with Crippen LogP contribution in [0.15, 0.2) is 42.5 Å². The maximum Gasteiger partial charge on any atom is 0.255 e. The minimum atomic E-state index is -2.53. The topological polar surface area (TPSA) is 29.1 Å². The lowest BCUT2D eigenvalue weighted by Crippen LogP contribution is -2.18. The van der Waals surface area contributed by atoms with Gasteiger partial charge in [-0.2, -0.15) is 0 Å². The van der Waals surface area contributed by atoms with E-state index in [-0.39, 0.29) is 17.7 Å². The number of carbonyl (C=O) groups excluding carboxylic acids is 1. The molecule has 2 aromatic rings. The van der Waals surface area contributed by atoms with Gasteiger partial charge in [0.25, 0.3) is 5.92 Å². The Balaban J connectivity index is 1.47. The largest absolute Gasteiger partial charge is 0.325 e. The van der Waals surface area contributed by atoms with Gasteiger partial charge >= 0.3 is 0 Å². The van der Waals surface area contributed by atoms with Gasteiger partial charge in [0, 0.05) is 12.1 Å². The Labute approximate surface area is 132 Å². The zero-order valence-electron chi connectivity index (χ0n) is 12.4. The molecule has 1 N–H and O–H groups in total. The molecule has 1 heterocycles. The molecule has 3 aliphatic rings. The number of rotatable bonds is 2. The molecule has 2 nitrogen and oxygen atoms in total. The van der Waals surface area contributed by atoms with E-state index in [1.54, 1.807) is 12.1 Å². The van der Waals surface area contributed by atoms with E-state index < -0.39 is 11.8 Å². The summed E-state index contributed by atoms with van der Waals surface area (Å²) in [5, 5.41) is 2.97. The summed E-state index contributed by atoms with van der Waals surface area (Å²) >= 11 is 0. The highest BCUT2D eigenvalue weighted by Crippen LogP contribution is 2.56. The molecule has 2 aromatic carbocycles. The van der Waals surface area contributed by atoms with Crippen molar-refractivity contribution in [1.82, 2.24) is 0 Å². The highest BCUT2D eigenvalue weighted by atomic mass is 19.3. The van der Waals surface area contributed by atoms with Crippen LogP contribution in [0.3, 0.4) is 0 Å². The minimum Gasteiger partial charge on any atom is -0.325 e. The summed E-state index contributed by atoms with van der Waals surface area (Å²) in [6, 6.07) is 13.4. The molecule has 116 valence electrons. The van der Waals surface area contributed by atoms with Crippen molar-refractivity contribution in [1.29, 1.82) is 0 Å². The molecular formula is C19H15F2NO. The number of amides is 1. The lowest BCUT2D eigenvalue weighted by atomic mass is 9.94. The van der Waals surface area contributed by atoms with Crippen LogP contribution in [0, 0.1) is 0 Å². The zero-order valence-corrected chi connectivity index (χ0v) is 12.4. The predicted molar refractivity (Wildman–Crippen MR) is 83.7 cm³/mol. The van der Waals surface area contributed by atoms with Gasteiger partial charge in [-0.3, -0.25) is 4.79 Å². The van der Waals surface area contributed by atoms with Crippen molar-refractivity contribution in [2.45, 2.75) is 36.5 Å². The number of benzene rings is 2. The van der Waals surface area contributed by atoms with Crippen LogP contribution in [0.4, 0.5) is 14.5 Å². The van der Waals surface area contributed by atoms with E-state index in [9.17, 15) is 13.6 Å². The molecule has 2 aliphatic carbocycles. The van der Waals surface area contributed by atoms with Gasteiger partial charge in [0.05, 0.1) is 11.3 Å². The summed E-state index contributed by atoms with van der Waals surface area (Å²) in [7, 11) is 0. The van der Waals surface area contributed by atoms with E-state index in [4.69, 9.17) is 0 Å². The summed E-state index contributed by atoms with van der Waals surface area (Å²) in [6.07, 6.45) is 1.81. The molecular weight excluding hydrogens is 296 g/mol. The molecule has 0 saturated heterocycles. The van der Waals surface area contributed by atoms with E-state index in [2.05, 4.69) is 5.32 Å². The maximum atomic E-state index is 13.1. The number of halogens is 2. The van der Waals surface area contributed by atoms with Crippen molar-refractivity contribution in [2.75, 3.05) is 5.32 Å². The second kappa shape index (κ2) is 3.99. The van der Waals surface area contributed by atoms with Crippen LogP contribution >= 0.6 is 0 Å². The van der Waals surface area contributed by atoms with Crippen molar-refractivity contribution in [3.63, 3.8) is 0 Å². The molecule has 1 atom stereocenters. The molecule has 23 heavy (non-hydrogen) atoms. The fourth-order valence-corrected chi connectivity index (χ4v) is 3.71. The smallest absolute Gasteiger partial charge is 0.255 e. The number of fused-ring (bicyclic) bond motifs is 2. The summed E-state index contributed by atoms with van der Waals surface area (Å²) < 4.78 is 26.3.